The summed E-state index contributed by atoms with van der Waals surface area (Å²) in [6.07, 6.45) is 2.67. The van der Waals surface area contributed by atoms with E-state index in [2.05, 4.69) is 48.4 Å². The Labute approximate surface area is 113 Å². The van der Waals surface area contributed by atoms with Gasteiger partial charge in [-0.15, -0.1) is 10.2 Å². The molecule has 1 N–H and O–H groups in total. The summed E-state index contributed by atoms with van der Waals surface area (Å²) in [6, 6.07) is 3.77. The molecule has 2 aromatic rings. The van der Waals surface area contributed by atoms with Gasteiger partial charge >= 0.3 is 0 Å². The maximum absolute atomic E-state index is 5.25. The van der Waals surface area contributed by atoms with Gasteiger partial charge in [0.05, 0.1) is 12.3 Å². The second-order valence-electron chi connectivity index (χ2n) is 5.38. The second-order valence-corrected chi connectivity index (χ2v) is 5.38. The average Bonchev–Trinajstić information content (AvgIpc) is 3.05. The van der Waals surface area contributed by atoms with Crippen molar-refractivity contribution in [2.45, 2.75) is 45.7 Å². The summed E-state index contributed by atoms with van der Waals surface area (Å²) in [5.74, 6) is 1.16. The van der Waals surface area contributed by atoms with E-state index in [9.17, 15) is 0 Å². The molecule has 0 saturated carbocycles. The Morgan fingerprint density at radius 2 is 2.26 bits per heavy atom. The van der Waals surface area contributed by atoms with Crippen LogP contribution in [0.4, 0.5) is 0 Å². The standard InChI is InChI=1S/C13H21N5O/c1-5-13(3,4)14-9-10(2)18-16-12(15-17-18)11-7-6-8-19-11/h6-8,10,14H,5,9H2,1-4H3. The third-order valence-corrected chi connectivity index (χ3v) is 3.32. The summed E-state index contributed by atoms with van der Waals surface area (Å²) in [7, 11) is 0. The van der Waals surface area contributed by atoms with Crippen LogP contribution < -0.4 is 5.32 Å². The SMILES string of the molecule is CCC(C)(C)NCC(C)n1nnc(-c2ccco2)n1. The van der Waals surface area contributed by atoms with Crippen molar-refractivity contribution in [1.29, 1.82) is 0 Å². The van der Waals surface area contributed by atoms with Crippen LogP contribution in [0.25, 0.3) is 11.6 Å². The van der Waals surface area contributed by atoms with Crippen LogP contribution in [0, 0.1) is 0 Å². The monoisotopic (exact) mass is 263 g/mol. The third kappa shape index (κ3) is 3.41. The molecule has 6 nitrogen and oxygen atoms in total. The van der Waals surface area contributed by atoms with Gasteiger partial charge in [0.1, 0.15) is 0 Å². The van der Waals surface area contributed by atoms with Crippen molar-refractivity contribution >= 4 is 0 Å². The van der Waals surface area contributed by atoms with Crippen molar-refractivity contribution < 1.29 is 4.42 Å². The van der Waals surface area contributed by atoms with Crippen LogP contribution in [0.3, 0.4) is 0 Å². The van der Waals surface area contributed by atoms with Gasteiger partial charge in [0.15, 0.2) is 5.76 Å². The summed E-state index contributed by atoms with van der Waals surface area (Å²) in [5, 5.41) is 15.9. The summed E-state index contributed by atoms with van der Waals surface area (Å²) < 4.78 is 5.25. The number of rotatable bonds is 6. The van der Waals surface area contributed by atoms with E-state index in [-0.39, 0.29) is 11.6 Å². The molecule has 0 aliphatic rings. The molecular formula is C13H21N5O. The molecule has 0 aliphatic carbocycles. The molecule has 6 heteroatoms. The van der Waals surface area contributed by atoms with Crippen molar-refractivity contribution in [3.8, 4) is 11.6 Å². The van der Waals surface area contributed by atoms with Crippen molar-refractivity contribution in [2.75, 3.05) is 6.54 Å². The zero-order valence-corrected chi connectivity index (χ0v) is 11.9. The van der Waals surface area contributed by atoms with Crippen LogP contribution in [-0.4, -0.2) is 32.3 Å². The molecular weight excluding hydrogens is 242 g/mol. The molecule has 2 heterocycles. The van der Waals surface area contributed by atoms with Gasteiger partial charge in [0.25, 0.3) is 0 Å². The maximum Gasteiger partial charge on any atom is 0.240 e. The first-order valence-electron chi connectivity index (χ1n) is 6.60. The van der Waals surface area contributed by atoms with Gasteiger partial charge in [-0.05, 0) is 44.5 Å². The van der Waals surface area contributed by atoms with Crippen molar-refractivity contribution in [3.63, 3.8) is 0 Å². The largest absolute Gasteiger partial charge is 0.461 e. The Morgan fingerprint density at radius 1 is 1.47 bits per heavy atom. The van der Waals surface area contributed by atoms with Crippen molar-refractivity contribution in [1.82, 2.24) is 25.5 Å². The lowest BCUT2D eigenvalue weighted by atomic mass is 10.0. The van der Waals surface area contributed by atoms with E-state index in [1.165, 1.54) is 0 Å². The van der Waals surface area contributed by atoms with E-state index < -0.39 is 0 Å². The Morgan fingerprint density at radius 3 is 2.89 bits per heavy atom. The average molecular weight is 263 g/mol. The first kappa shape index (κ1) is 13.7. The molecule has 1 atom stereocenters. The number of hydrogen-bond acceptors (Lipinski definition) is 5. The molecule has 0 saturated heterocycles. The predicted molar refractivity (Wildman–Crippen MR) is 72.6 cm³/mol. The molecule has 19 heavy (non-hydrogen) atoms. The number of nitrogens with one attached hydrogen (secondary N) is 1. The van der Waals surface area contributed by atoms with Gasteiger partial charge in [-0.3, -0.25) is 0 Å². The minimum Gasteiger partial charge on any atom is -0.461 e. The van der Waals surface area contributed by atoms with Gasteiger partial charge in [-0.1, -0.05) is 6.92 Å². The molecule has 104 valence electrons. The number of nitrogens with zero attached hydrogens (tertiary/aromatic N) is 4. The molecule has 0 aromatic carbocycles. The van der Waals surface area contributed by atoms with E-state index in [1.54, 1.807) is 11.1 Å². The second kappa shape index (κ2) is 5.52. The fraction of sp³-hybridized carbons (Fsp3) is 0.615. The quantitative estimate of drug-likeness (QED) is 0.865. The van der Waals surface area contributed by atoms with Crippen molar-refractivity contribution in [3.05, 3.63) is 18.4 Å². The Balaban J connectivity index is 1.99. The minimum absolute atomic E-state index is 0.124. The van der Waals surface area contributed by atoms with Gasteiger partial charge in [0.2, 0.25) is 5.82 Å². The van der Waals surface area contributed by atoms with E-state index in [4.69, 9.17) is 4.42 Å². The first-order chi connectivity index (χ1) is 9.02. The zero-order chi connectivity index (χ0) is 13.9. The van der Waals surface area contributed by atoms with E-state index in [0.717, 1.165) is 13.0 Å². The highest BCUT2D eigenvalue weighted by molar-refractivity contribution is 5.43. The van der Waals surface area contributed by atoms with E-state index in [1.807, 2.05) is 12.1 Å². The molecule has 0 bridgehead atoms. The molecule has 1 unspecified atom stereocenters. The molecule has 0 spiro atoms. The van der Waals surface area contributed by atoms with Crippen LogP contribution in [0.15, 0.2) is 22.8 Å². The minimum atomic E-state index is 0.124. The molecule has 0 fully saturated rings. The summed E-state index contributed by atoms with van der Waals surface area (Å²) in [4.78, 5) is 1.62. The lowest BCUT2D eigenvalue weighted by molar-refractivity contribution is 0.319. The van der Waals surface area contributed by atoms with Crippen LogP contribution in [0.1, 0.15) is 40.2 Å². The molecule has 0 amide bonds. The number of tetrazole rings is 1. The Hall–Kier alpha value is -1.69. The van der Waals surface area contributed by atoms with Crippen LogP contribution >= 0.6 is 0 Å². The highest BCUT2D eigenvalue weighted by Crippen LogP contribution is 2.15. The lowest BCUT2D eigenvalue weighted by Crippen LogP contribution is -2.41. The third-order valence-electron chi connectivity index (χ3n) is 3.32. The molecule has 2 aromatic heterocycles. The number of hydrogen-bond donors (Lipinski definition) is 1. The van der Waals surface area contributed by atoms with Crippen LogP contribution in [-0.2, 0) is 0 Å². The van der Waals surface area contributed by atoms with Gasteiger partial charge in [0, 0.05) is 12.1 Å². The highest BCUT2D eigenvalue weighted by atomic mass is 16.3. The summed E-state index contributed by atoms with van der Waals surface area (Å²) >= 11 is 0. The van der Waals surface area contributed by atoms with Crippen molar-refractivity contribution in [2.24, 2.45) is 0 Å². The highest BCUT2D eigenvalue weighted by Gasteiger charge is 2.17. The predicted octanol–water partition coefficient (Wildman–Crippen LogP) is 2.27. The molecule has 0 aliphatic heterocycles. The van der Waals surface area contributed by atoms with Crippen LogP contribution in [0.5, 0.6) is 0 Å². The van der Waals surface area contributed by atoms with Gasteiger partial charge < -0.3 is 9.73 Å². The van der Waals surface area contributed by atoms with E-state index >= 15 is 0 Å². The van der Waals surface area contributed by atoms with Gasteiger partial charge in [-0.25, -0.2) is 0 Å². The smallest absolute Gasteiger partial charge is 0.240 e. The van der Waals surface area contributed by atoms with Gasteiger partial charge in [-0.2, -0.15) is 4.80 Å². The lowest BCUT2D eigenvalue weighted by Gasteiger charge is -2.26. The normalized spacial score (nSPS) is 13.7. The fourth-order valence-corrected chi connectivity index (χ4v) is 1.55. The fourth-order valence-electron chi connectivity index (χ4n) is 1.55. The first-order valence-corrected chi connectivity index (χ1v) is 6.60. The maximum atomic E-state index is 5.25. The number of aromatic nitrogens is 4. The Bertz CT molecular complexity index is 503. The molecule has 0 radical (unpaired) electrons. The zero-order valence-electron chi connectivity index (χ0n) is 11.9. The number of furan rings is 1. The summed E-state index contributed by atoms with van der Waals surface area (Å²) in [6.45, 7) is 9.40. The topological polar surface area (TPSA) is 68.8 Å². The van der Waals surface area contributed by atoms with E-state index in [0.29, 0.717) is 11.6 Å². The van der Waals surface area contributed by atoms with Crippen LogP contribution in [0.2, 0.25) is 0 Å². The summed E-state index contributed by atoms with van der Waals surface area (Å²) in [5.41, 5.74) is 0.124. The molecule has 2 rings (SSSR count). The Kier molecular flexibility index (Phi) is 3.99.